The minimum atomic E-state index is -0.448. The van der Waals surface area contributed by atoms with Crippen LogP contribution >= 0.6 is 0 Å². The molecule has 4 aromatic rings. The summed E-state index contributed by atoms with van der Waals surface area (Å²) in [5, 5.41) is 6.09. The number of ketones is 1. The van der Waals surface area contributed by atoms with E-state index in [4.69, 9.17) is 4.84 Å². The Bertz CT molecular complexity index is 1280. The van der Waals surface area contributed by atoms with Gasteiger partial charge in [-0.1, -0.05) is 29.4 Å². The van der Waals surface area contributed by atoms with Gasteiger partial charge in [0.1, 0.15) is 0 Å². The first kappa shape index (κ1) is 18.6. The molecule has 0 saturated carbocycles. The second-order valence-corrected chi connectivity index (χ2v) is 6.95. The predicted octanol–water partition coefficient (Wildman–Crippen LogP) is 5.27. The molecule has 0 atom stereocenters. The monoisotopic (exact) mass is 384 g/mol. The highest BCUT2D eigenvalue weighted by molar-refractivity contribution is 6.12. The molecule has 5 nitrogen and oxygen atoms in total. The van der Waals surface area contributed by atoms with Gasteiger partial charge in [0.05, 0.1) is 16.7 Å². The van der Waals surface area contributed by atoms with Crippen LogP contribution in [0, 0.1) is 0 Å². The van der Waals surface area contributed by atoms with Gasteiger partial charge in [-0.2, -0.15) is 0 Å². The lowest BCUT2D eigenvalue weighted by Crippen LogP contribution is -2.00. The largest absolute Gasteiger partial charge is 0.331 e. The number of rotatable bonds is 4. The van der Waals surface area contributed by atoms with E-state index in [0.29, 0.717) is 11.3 Å². The molecule has 144 valence electrons. The molecule has 4 rings (SSSR count). The highest BCUT2D eigenvalue weighted by Crippen LogP contribution is 2.32. The van der Waals surface area contributed by atoms with Crippen molar-refractivity contribution in [2.45, 2.75) is 20.8 Å². The fourth-order valence-corrected chi connectivity index (χ4v) is 3.51. The van der Waals surface area contributed by atoms with Crippen LogP contribution in [0.1, 0.15) is 36.7 Å². The molecular formula is C24H20N2O3. The summed E-state index contributed by atoms with van der Waals surface area (Å²) in [5.74, 6) is -0.401. The summed E-state index contributed by atoms with van der Waals surface area (Å²) in [6, 6.07) is 21.9. The second-order valence-electron chi connectivity index (χ2n) is 6.95. The third-order valence-electron chi connectivity index (χ3n) is 4.93. The summed E-state index contributed by atoms with van der Waals surface area (Å²) in [6.07, 6.45) is 0. The number of hydrogen-bond acceptors (Lipinski definition) is 4. The van der Waals surface area contributed by atoms with Crippen LogP contribution in [0.15, 0.2) is 71.9 Å². The molecule has 0 aliphatic carbocycles. The van der Waals surface area contributed by atoms with Crippen molar-refractivity contribution >= 4 is 39.3 Å². The third kappa shape index (κ3) is 3.43. The molecule has 5 heteroatoms. The van der Waals surface area contributed by atoms with Crippen LogP contribution in [0.4, 0.5) is 0 Å². The molecule has 0 aliphatic heterocycles. The Balaban J connectivity index is 1.92. The Morgan fingerprint density at radius 3 is 2.14 bits per heavy atom. The van der Waals surface area contributed by atoms with E-state index in [2.05, 4.69) is 27.9 Å². The second kappa shape index (κ2) is 7.36. The Morgan fingerprint density at radius 2 is 1.45 bits per heavy atom. The third-order valence-corrected chi connectivity index (χ3v) is 4.93. The average molecular weight is 384 g/mol. The molecule has 0 N–H and O–H groups in total. The van der Waals surface area contributed by atoms with Crippen molar-refractivity contribution in [3.8, 4) is 5.69 Å². The molecule has 0 saturated heterocycles. The molecule has 0 amide bonds. The molecule has 0 spiro atoms. The van der Waals surface area contributed by atoms with Crippen molar-refractivity contribution < 1.29 is 14.4 Å². The number of para-hydroxylation sites is 1. The zero-order chi connectivity index (χ0) is 20.5. The first-order valence-corrected chi connectivity index (χ1v) is 9.33. The molecule has 29 heavy (non-hydrogen) atoms. The number of fused-ring (bicyclic) bond motifs is 3. The number of benzene rings is 3. The van der Waals surface area contributed by atoms with Crippen LogP contribution in [0.5, 0.6) is 0 Å². The van der Waals surface area contributed by atoms with E-state index in [1.54, 1.807) is 6.92 Å². The molecule has 0 aliphatic rings. The van der Waals surface area contributed by atoms with E-state index in [0.717, 1.165) is 33.1 Å². The van der Waals surface area contributed by atoms with Gasteiger partial charge in [0.2, 0.25) is 0 Å². The van der Waals surface area contributed by atoms with Crippen LogP contribution in [-0.4, -0.2) is 22.0 Å². The van der Waals surface area contributed by atoms with Crippen LogP contribution in [0.3, 0.4) is 0 Å². The van der Waals surface area contributed by atoms with Crippen molar-refractivity contribution in [2.24, 2.45) is 5.16 Å². The Kier molecular flexibility index (Phi) is 4.72. The standard InChI is InChI=1S/C24H20N2O3/c1-15(25-29-17(3)28)19-10-13-24-22(14-19)21-6-4-5-7-23(21)26(24)20-11-8-18(9-12-20)16(2)27/h4-14H,1-3H3. The Hall–Kier alpha value is -3.73. The van der Waals surface area contributed by atoms with Crippen LogP contribution < -0.4 is 0 Å². The lowest BCUT2D eigenvalue weighted by atomic mass is 10.1. The topological polar surface area (TPSA) is 60.7 Å². The Labute approximate surface area is 168 Å². The van der Waals surface area contributed by atoms with Gasteiger partial charge >= 0.3 is 5.97 Å². The summed E-state index contributed by atoms with van der Waals surface area (Å²) < 4.78 is 2.18. The van der Waals surface area contributed by atoms with Crippen molar-refractivity contribution in [1.29, 1.82) is 0 Å². The maximum Gasteiger partial charge on any atom is 0.331 e. The van der Waals surface area contributed by atoms with Crippen LogP contribution in [0.25, 0.3) is 27.5 Å². The smallest absolute Gasteiger partial charge is 0.318 e. The number of nitrogens with zero attached hydrogens (tertiary/aromatic N) is 2. The van der Waals surface area contributed by atoms with E-state index in [-0.39, 0.29) is 5.78 Å². The van der Waals surface area contributed by atoms with E-state index in [9.17, 15) is 9.59 Å². The lowest BCUT2D eigenvalue weighted by Gasteiger charge is -2.09. The summed E-state index contributed by atoms with van der Waals surface area (Å²) in [6.45, 7) is 4.70. The van der Waals surface area contributed by atoms with Gasteiger partial charge in [0.25, 0.3) is 0 Å². The van der Waals surface area contributed by atoms with Gasteiger partial charge in [0, 0.05) is 28.9 Å². The minimum Gasteiger partial charge on any atom is -0.318 e. The van der Waals surface area contributed by atoms with Crippen molar-refractivity contribution in [3.63, 3.8) is 0 Å². The zero-order valence-electron chi connectivity index (χ0n) is 16.5. The molecule has 1 heterocycles. The predicted molar refractivity (Wildman–Crippen MR) is 115 cm³/mol. The summed E-state index contributed by atoms with van der Waals surface area (Å²) in [5.41, 5.74) is 5.31. The number of carbonyl (C=O) groups excluding carboxylic acids is 2. The molecular weight excluding hydrogens is 364 g/mol. The summed E-state index contributed by atoms with van der Waals surface area (Å²) in [4.78, 5) is 27.4. The number of oxime groups is 1. The lowest BCUT2D eigenvalue weighted by molar-refractivity contribution is -0.140. The van der Waals surface area contributed by atoms with Gasteiger partial charge in [-0.25, -0.2) is 4.79 Å². The molecule has 0 bridgehead atoms. The van der Waals surface area contributed by atoms with E-state index < -0.39 is 5.97 Å². The molecule has 0 unspecified atom stereocenters. The van der Waals surface area contributed by atoms with Gasteiger partial charge in [-0.3, -0.25) is 4.79 Å². The van der Waals surface area contributed by atoms with E-state index in [1.807, 2.05) is 55.5 Å². The van der Waals surface area contributed by atoms with Crippen molar-refractivity contribution in [2.75, 3.05) is 0 Å². The summed E-state index contributed by atoms with van der Waals surface area (Å²) in [7, 11) is 0. The van der Waals surface area contributed by atoms with Crippen molar-refractivity contribution in [3.05, 3.63) is 77.9 Å². The van der Waals surface area contributed by atoms with E-state index >= 15 is 0 Å². The van der Waals surface area contributed by atoms with Crippen LogP contribution in [0.2, 0.25) is 0 Å². The highest BCUT2D eigenvalue weighted by atomic mass is 16.7. The first-order valence-electron chi connectivity index (χ1n) is 9.33. The number of aromatic nitrogens is 1. The molecule has 1 aromatic heterocycles. The fraction of sp³-hybridized carbons (Fsp3) is 0.125. The number of carbonyl (C=O) groups is 2. The van der Waals surface area contributed by atoms with Gasteiger partial charge < -0.3 is 9.40 Å². The normalized spacial score (nSPS) is 11.8. The molecule has 0 radical (unpaired) electrons. The quantitative estimate of drug-likeness (QED) is 0.208. The fourth-order valence-electron chi connectivity index (χ4n) is 3.51. The zero-order valence-corrected chi connectivity index (χ0v) is 16.5. The Morgan fingerprint density at radius 1 is 0.793 bits per heavy atom. The van der Waals surface area contributed by atoms with Gasteiger partial charge in [-0.05, 0) is 61.9 Å². The molecule has 3 aromatic carbocycles. The first-order chi connectivity index (χ1) is 14.0. The average Bonchev–Trinajstić information content (AvgIpc) is 3.05. The maximum absolute atomic E-state index is 11.6. The SMILES string of the molecule is CC(=O)ON=C(C)c1ccc2c(c1)c1ccccc1n2-c1ccc(C(C)=O)cc1. The highest BCUT2D eigenvalue weighted by Gasteiger charge is 2.13. The van der Waals surface area contributed by atoms with Crippen LogP contribution in [-0.2, 0) is 9.63 Å². The molecule has 0 fully saturated rings. The summed E-state index contributed by atoms with van der Waals surface area (Å²) >= 11 is 0. The van der Waals surface area contributed by atoms with E-state index in [1.165, 1.54) is 6.92 Å². The number of hydrogen-bond donors (Lipinski definition) is 0. The van der Waals surface area contributed by atoms with Gasteiger partial charge in [0.15, 0.2) is 5.78 Å². The van der Waals surface area contributed by atoms with Gasteiger partial charge in [-0.15, -0.1) is 0 Å². The number of Topliss-reactive ketones (excluding diaryl/α,β-unsaturated/α-hetero) is 1. The maximum atomic E-state index is 11.6. The minimum absolute atomic E-state index is 0.0472. The van der Waals surface area contributed by atoms with Crippen molar-refractivity contribution in [1.82, 2.24) is 4.57 Å².